The summed E-state index contributed by atoms with van der Waals surface area (Å²) in [6, 6.07) is 0.0337. The standard InChI is InChI=1S/C18H35N5O4S.HI/c1-18(2,3)27-17(24)21-15-8-9-22(13-15)16(19-4)20-12-14-6-10-23(11-7-14)28(5,25)26;/h14-15H,6-13H2,1-5H3,(H,19,20)(H,21,24);1H. The van der Waals surface area contributed by atoms with Crippen molar-refractivity contribution >= 4 is 46.1 Å². The highest BCUT2D eigenvalue weighted by Gasteiger charge is 2.29. The first-order valence-electron chi connectivity index (χ1n) is 9.88. The van der Waals surface area contributed by atoms with Crippen LogP contribution in [0.25, 0.3) is 0 Å². The number of ether oxygens (including phenoxy) is 1. The molecule has 0 bridgehead atoms. The third kappa shape index (κ3) is 8.83. The monoisotopic (exact) mass is 545 g/mol. The summed E-state index contributed by atoms with van der Waals surface area (Å²) in [5.74, 6) is 1.24. The van der Waals surface area contributed by atoms with Crippen LogP contribution in [-0.2, 0) is 14.8 Å². The van der Waals surface area contributed by atoms with E-state index in [9.17, 15) is 13.2 Å². The topological polar surface area (TPSA) is 103 Å². The second kappa shape index (κ2) is 11.0. The Morgan fingerprint density at radius 3 is 2.31 bits per heavy atom. The van der Waals surface area contributed by atoms with Crippen LogP contribution in [0.15, 0.2) is 4.99 Å². The maximum absolute atomic E-state index is 11.9. The van der Waals surface area contributed by atoms with E-state index in [1.807, 2.05) is 20.8 Å². The predicted octanol–water partition coefficient (Wildman–Crippen LogP) is 1.45. The van der Waals surface area contributed by atoms with E-state index in [4.69, 9.17) is 4.74 Å². The molecule has 2 aliphatic heterocycles. The number of amides is 1. The predicted molar refractivity (Wildman–Crippen MR) is 125 cm³/mol. The van der Waals surface area contributed by atoms with E-state index in [0.29, 0.717) is 25.6 Å². The van der Waals surface area contributed by atoms with Crippen molar-refractivity contribution in [2.75, 3.05) is 46.0 Å². The molecule has 9 nitrogen and oxygen atoms in total. The van der Waals surface area contributed by atoms with Crippen molar-refractivity contribution in [3.8, 4) is 0 Å². The van der Waals surface area contributed by atoms with Crippen LogP contribution in [0, 0.1) is 5.92 Å². The van der Waals surface area contributed by atoms with Gasteiger partial charge in [0, 0.05) is 39.8 Å². The average Bonchev–Trinajstić information content (AvgIpc) is 3.01. The van der Waals surface area contributed by atoms with Gasteiger partial charge in [-0.05, 0) is 46.0 Å². The van der Waals surface area contributed by atoms with Crippen molar-refractivity contribution in [1.82, 2.24) is 19.8 Å². The van der Waals surface area contributed by atoms with Crippen LogP contribution < -0.4 is 10.6 Å². The fourth-order valence-electron chi connectivity index (χ4n) is 3.56. The summed E-state index contributed by atoms with van der Waals surface area (Å²) in [5.41, 5.74) is -0.507. The van der Waals surface area contributed by atoms with Gasteiger partial charge in [-0.1, -0.05) is 0 Å². The first-order valence-corrected chi connectivity index (χ1v) is 11.7. The van der Waals surface area contributed by atoms with Crippen LogP contribution >= 0.6 is 24.0 Å². The Labute approximate surface area is 192 Å². The minimum Gasteiger partial charge on any atom is -0.444 e. The summed E-state index contributed by atoms with van der Waals surface area (Å²) in [4.78, 5) is 18.4. The van der Waals surface area contributed by atoms with Crippen LogP contribution in [0.4, 0.5) is 4.79 Å². The number of rotatable bonds is 4. The fourth-order valence-corrected chi connectivity index (χ4v) is 4.43. The van der Waals surface area contributed by atoms with Crippen molar-refractivity contribution in [1.29, 1.82) is 0 Å². The maximum atomic E-state index is 11.9. The van der Waals surface area contributed by atoms with Gasteiger partial charge in [-0.25, -0.2) is 17.5 Å². The molecule has 1 unspecified atom stereocenters. The van der Waals surface area contributed by atoms with Gasteiger partial charge in [-0.3, -0.25) is 4.99 Å². The molecule has 0 saturated carbocycles. The highest BCUT2D eigenvalue weighted by atomic mass is 127. The number of nitrogens with one attached hydrogen (secondary N) is 2. The number of aliphatic imine (C=N–C) groups is 1. The van der Waals surface area contributed by atoms with Crippen LogP contribution in [-0.4, -0.2) is 87.3 Å². The Morgan fingerprint density at radius 1 is 1.17 bits per heavy atom. The van der Waals surface area contributed by atoms with E-state index in [2.05, 4.69) is 20.5 Å². The average molecular weight is 545 g/mol. The molecule has 2 rings (SSSR count). The van der Waals surface area contributed by atoms with Crippen LogP contribution in [0.3, 0.4) is 0 Å². The van der Waals surface area contributed by atoms with E-state index in [1.54, 1.807) is 11.4 Å². The zero-order valence-electron chi connectivity index (χ0n) is 18.1. The Hall–Kier alpha value is -0.820. The SMILES string of the molecule is CN=C(NCC1CCN(S(C)(=O)=O)CC1)N1CCC(NC(=O)OC(C)(C)C)C1.I. The lowest BCUT2D eigenvalue weighted by molar-refractivity contribution is 0.0507. The first kappa shape index (κ1) is 26.2. The Balaban J connectivity index is 0.00000420. The summed E-state index contributed by atoms with van der Waals surface area (Å²) in [5, 5.41) is 6.33. The van der Waals surface area contributed by atoms with Gasteiger partial charge in [-0.2, -0.15) is 0 Å². The van der Waals surface area contributed by atoms with Gasteiger partial charge in [0.05, 0.1) is 12.3 Å². The van der Waals surface area contributed by atoms with Gasteiger partial charge in [0.1, 0.15) is 5.60 Å². The summed E-state index contributed by atoms with van der Waals surface area (Å²) in [7, 11) is -1.34. The number of likely N-dealkylation sites (tertiary alicyclic amines) is 1. The minimum absolute atomic E-state index is 0. The van der Waals surface area contributed by atoms with E-state index < -0.39 is 15.6 Å². The summed E-state index contributed by atoms with van der Waals surface area (Å²) in [6.07, 6.45) is 3.41. The van der Waals surface area contributed by atoms with Gasteiger partial charge in [0.15, 0.2) is 5.96 Å². The van der Waals surface area contributed by atoms with E-state index in [-0.39, 0.29) is 36.1 Å². The lowest BCUT2D eigenvalue weighted by atomic mass is 9.98. The molecular formula is C18H36IN5O4S. The zero-order valence-corrected chi connectivity index (χ0v) is 21.2. The molecule has 2 heterocycles. The van der Waals surface area contributed by atoms with Crippen molar-refractivity contribution in [3.63, 3.8) is 0 Å². The Kier molecular flexibility index (Phi) is 9.93. The van der Waals surface area contributed by atoms with Gasteiger partial charge < -0.3 is 20.3 Å². The van der Waals surface area contributed by atoms with Crippen LogP contribution in [0.2, 0.25) is 0 Å². The zero-order chi connectivity index (χ0) is 20.9. The molecule has 0 aliphatic carbocycles. The number of sulfonamides is 1. The Bertz CT molecular complexity index is 672. The minimum atomic E-state index is -3.09. The van der Waals surface area contributed by atoms with Gasteiger partial charge in [-0.15, -0.1) is 24.0 Å². The van der Waals surface area contributed by atoms with E-state index in [1.165, 1.54) is 6.26 Å². The third-order valence-electron chi connectivity index (χ3n) is 5.01. The lowest BCUT2D eigenvalue weighted by Crippen LogP contribution is -2.46. The molecule has 170 valence electrons. The summed E-state index contributed by atoms with van der Waals surface area (Å²) >= 11 is 0. The van der Waals surface area contributed by atoms with E-state index in [0.717, 1.165) is 38.3 Å². The summed E-state index contributed by atoms with van der Waals surface area (Å²) < 4.78 is 30.1. The maximum Gasteiger partial charge on any atom is 0.407 e. The normalized spacial score (nSPS) is 22.2. The van der Waals surface area contributed by atoms with E-state index >= 15 is 0 Å². The van der Waals surface area contributed by atoms with Gasteiger partial charge in [0.2, 0.25) is 10.0 Å². The smallest absolute Gasteiger partial charge is 0.407 e. The second-order valence-electron chi connectivity index (χ2n) is 8.61. The van der Waals surface area contributed by atoms with Crippen molar-refractivity contribution in [2.24, 2.45) is 10.9 Å². The van der Waals surface area contributed by atoms with Crippen molar-refractivity contribution in [2.45, 2.75) is 51.7 Å². The third-order valence-corrected chi connectivity index (χ3v) is 6.31. The number of nitrogens with zero attached hydrogens (tertiary/aromatic N) is 3. The van der Waals surface area contributed by atoms with Gasteiger partial charge >= 0.3 is 6.09 Å². The molecule has 2 N–H and O–H groups in total. The number of hydrogen-bond donors (Lipinski definition) is 2. The molecule has 0 aromatic rings. The largest absolute Gasteiger partial charge is 0.444 e. The molecule has 1 atom stereocenters. The second-order valence-corrected chi connectivity index (χ2v) is 10.6. The van der Waals surface area contributed by atoms with Crippen LogP contribution in [0.1, 0.15) is 40.0 Å². The van der Waals surface area contributed by atoms with Crippen LogP contribution in [0.5, 0.6) is 0 Å². The molecule has 0 aromatic carbocycles. The molecule has 0 radical (unpaired) electrons. The Morgan fingerprint density at radius 2 is 1.79 bits per heavy atom. The number of piperidine rings is 1. The highest BCUT2D eigenvalue weighted by Crippen LogP contribution is 2.19. The molecule has 0 aromatic heterocycles. The highest BCUT2D eigenvalue weighted by molar-refractivity contribution is 14.0. The number of carbonyl (C=O) groups excluding carboxylic acids is 1. The molecule has 2 saturated heterocycles. The molecule has 2 aliphatic rings. The number of halogens is 1. The molecule has 2 fully saturated rings. The molecule has 0 spiro atoms. The number of carbonyl (C=O) groups is 1. The van der Waals surface area contributed by atoms with Crippen molar-refractivity contribution < 1.29 is 17.9 Å². The van der Waals surface area contributed by atoms with Gasteiger partial charge in [0.25, 0.3) is 0 Å². The molecule has 1 amide bonds. The number of alkyl carbamates (subject to hydrolysis) is 1. The summed E-state index contributed by atoms with van der Waals surface area (Å²) in [6.45, 7) is 8.97. The number of hydrogen-bond acceptors (Lipinski definition) is 5. The first-order chi connectivity index (χ1) is 13.0. The molecule has 11 heteroatoms. The molecule has 29 heavy (non-hydrogen) atoms. The fraction of sp³-hybridized carbons (Fsp3) is 0.889. The molecular weight excluding hydrogens is 509 g/mol. The quantitative estimate of drug-likeness (QED) is 0.315. The van der Waals surface area contributed by atoms with Crippen molar-refractivity contribution in [3.05, 3.63) is 0 Å². The number of guanidine groups is 1. The lowest BCUT2D eigenvalue weighted by Gasteiger charge is -2.31.